The molecule has 37 heavy (non-hydrogen) atoms. The zero-order chi connectivity index (χ0) is 28.8. The molecule has 0 heterocycles. The van der Waals surface area contributed by atoms with Gasteiger partial charge in [-0.25, -0.2) is 0 Å². The van der Waals surface area contributed by atoms with Gasteiger partial charge in [-0.15, -0.1) is 23.5 Å². The van der Waals surface area contributed by atoms with Crippen LogP contribution >= 0.6 is 23.5 Å². The zero-order valence-corrected chi connectivity index (χ0v) is 28.1. The Morgan fingerprint density at radius 2 is 0.649 bits per heavy atom. The summed E-state index contributed by atoms with van der Waals surface area (Å²) >= 11 is 3.87. The van der Waals surface area contributed by atoms with Crippen molar-refractivity contribution in [2.45, 2.75) is 132 Å². The number of rotatable bonds is 6. The van der Waals surface area contributed by atoms with Crippen LogP contribution < -0.4 is 9.47 Å². The Morgan fingerprint density at radius 1 is 0.432 bits per heavy atom. The molecule has 0 aliphatic carbocycles. The van der Waals surface area contributed by atoms with E-state index in [0.29, 0.717) is 0 Å². The number of hydrogen-bond acceptors (Lipinski definition) is 4. The molecule has 0 saturated carbocycles. The van der Waals surface area contributed by atoms with Crippen molar-refractivity contribution in [2.75, 3.05) is 14.2 Å². The number of methoxy groups -OCH3 is 2. The topological polar surface area (TPSA) is 18.5 Å². The lowest BCUT2D eigenvalue weighted by Crippen LogP contribution is -2.20. The van der Waals surface area contributed by atoms with E-state index in [1.165, 1.54) is 32.0 Å². The van der Waals surface area contributed by atoms with E-state index in [1.54, 1.807) is 14.2 Å². The summed E-state index contributed by atoms with van der Waals surface area (Å²) in [6.45, 7) is 31.9. The Morgan fingerprint density at radius 3 is 0.811 bits per heavy atom. The lowest BCUT2D eigenvalue weighted by molar-refractivity contribution is 0.380. The monoisotopic (exact) mass is 544 g/mol. The van der Waals surface area contributed by atoms with Gasteiger partial charge in [-0.3, -0.25) is 0 Å². The zero-order valence-electron chi connectivity index (χ0n) is 26.4. The summed E-state index contributed by atoms with van der Waals surface area (Å²) in [7, 11) is 3.60. The summed E-state index contributed by atoms with van der Waals surface area (Å²) in [6, 6.07) is 9.37. The number of hydrogen-bond donors (Lipinski definition) is 0. The maximum absolute atomic E-state index is 6.00. The summed E-state index contributed by atoms with van der Waals surface area (Å²) < 4.78 is 11.9. The van der Waals surface area contributed by atoms with E-state index in [2.05, 4.69) is 121 Å². The highest BCUT2D eigenvalue weighted by atomic mass is 32.2. The van der Waals surface area contributed by atoms with Crippen LogP contribution in [0.3, 0.4) is 0 Å². The van der Waals surface area contributed by atoms with Gasteiger partial charge in [-0.1, -0.05) is 83.1 Å². The van der Waals surface area contributed by atoms with Gasteiger partial charge in [-0.05, 0) is 59.8 Å². The Labute approximate surface area is 237 Å². The predicted octanol–water partition coefficient (Wildman–Crippen LogP) is 10.5. The first-order valence-corrected chi connectivity index (χ1v) is 15.0. The molecule has 0 bridgehead atoms. The smallest absolute Gasteiger partial charge is 0.126 e. The second-order valence-electron chi connectivity index (χ2n) is 14.7. The van der Waals surface area contributed by atoms with Gasteiger partial charge >= 0.3 is 0 Å². The van der Waals surface area contributed by atoms with Gasteiger partial charge < -0.3 is 9.47 Å². The molecule has 208 valence electrons. The average Bonchev–Trinajstić information content (AvgIpc) is 2.69. The highest BCUT2D eigenvalue weighted by Crippen LogP contribution is 2.51. The van der Waals surface area contributed by atoms with Gasteiger partial charge in [0.1, 0.15) is 11.5 Å². The van der Waals surface area contributed by atoms with E-state index in [-0.39, 0.29) is 25.7 Å². The molecule has 2 aromatic carbocycles. The Kier molecular flexibility index (Phi) is 9.26. The molecule has 4 heteroatoms. The highest BCUT2D eigenvalue weighted by molar-refractivity contribution is 8.18. The van der Waals surface area contributed by atoms with Crippen molar-refractivity contribution in [1.82, 2.24) is 0 Å². The third-order valence-electron chi connectivity index (χ3n) is 6.49. The van der Waals surface area contributed by atoms with Crippen LogP contribution in [-0.4, -0.2) is 18.3 Å². The van der Waals surface area contributed by atoms with Crippen LogP contribution in [0.4, 0.5) is 0 Å². The maximum Gasteiger partial charge on any atom is 0.126 e. The van der Waals surface area contributed by atoms with Crippen molar-refractivity contribution in [3.63, 3.8) is 0 Å². The molecule has 0 amide bonds. The highest BCUT2D eigenvalue weighted by Gasteiger charge is 2.32. The van der Waals surface area contributed by atoms with E-state index in [0.717, 1.165) is 11.5 Å². The SMILES string of the molecule is COc1c(C(C)(C)C)cc(SC(C)(C)Sc2cc(C(C)(C)C)c(OC)c(C(C)(C)C)c2)cc1C(C)(C)C. The molecule has 0 aliphatic heterocycles. The third-order valence-corrected chi connectivity index (χ3v) is 8.92. The van der Waals surface area contributed by atoms with Gasteiger partial charge in [-0.2, -0.15) is 0 Å². The first kappa shape index (κ1) is 32.0. The molecule has 0 N–H and O–H groups in total. The molecule has 0 atom stereocenters. The van der Waals surface area contributed by atoms with Crippen LogP contribution in [0.2, 0.25) is 0 Å². The second-order valence-corrected chi connectivity index (χ2v) is 18.4. The van der Waals surface area contributed by atoms with Crippen molar-refractivity contribution in [3.8, 4) is 11.5 Å². The minimum atomic E-state index is -0.0855. The van der Waals surface area contributed by atoms with Crippen LogP contribution in [0.25, 0.3) is 0 Å². The van der Waals surface area contributed by atoms with E-state index >= 15 is 0 Å². The largest absolute Gasteiger partial charge is 0.496 e. The van der Waals surface area contributed by atoms with Crippen LogP contribution in [0.1, 0.15) is 119 Å². The van der Waals surface area contributed by atoms with Crippen LogP contribution in [0, 0.1) is 0 Å². The summed E-state index contributed by atoms with van der Waals surface area (Å²) in [6.07, 6.45) is 0. The van der Waals surface area contributed by atoms with E-state index in [9.17, 15) is 0 Å². The molecule has 0 fully saturated rings. The summed E-state index contributed by atoms with van der Waals surface area (Å²) in [5.41, 5.74) is 4.99. The van der Waals surface area contributed by atoms with E-state index < -0.39 is 0 Å². The van der Waals surface area contributed by atoms with Gasteiger partial charge in [0.25, 0.3) is 0 Å². The fraction of sp³-hybridized carbons (Fsp3) is 0.636. The molecule has 2 rings (SSSR count). The molecule has 0 spiro atoms. The van der Waals surface area contributed by atoms with Gasteiger partial charge in [0.05, 0.1) is 18.3 Å². The number of ether oxygens (including phenoxy) is 2. The molecule has 2 nitrogen and oxygen atoms in total. The van der Waals surface area contributed by atoms with Gasteiger partial charge in [0.15, 0.2) is 0 Å². The molecule has 0 saturated heterocycles. The van der Waals surface area contributed by atoms with E-state index in [4.69, 9.17) is 9.47 Å². The first-order valence-electron chi connectivity index (χ1n) is 13.4. The molecule has 2 aromatic rings. The minimum Gasteiger partial charge on any atom is -0.496 e. The molecular weight excluding hydrogens is 492 g/mol. The fourth-order valence-corrected chi connectivity index (χ4v) is 7.17. The summed E-state index contributed by atoms with van der Waals surface area (Å²) in [4.78, 5) is 2.57. The molecule has 0 radical (unpaired) electrons. The van der Waals surface area contributed by atoms with Crippen LogP contribution in [-0.2, 0) is 21.7 Å². The molecule has 0 aliphatic rings. The summed E-state index contributed by atoms with van der Waals surface area (Å²) in [5.74, 6) is 2.05. The molecule has 0 unspecified atom stereocenters. The Balaban J connectivity index is 2.62. The quantitative estimate of drug-likeness (QED) is 0.266. The normalized spacial score (nSPS) is 13.6. The van der Waals surface area contributed by atoms with Crippen molar-refractivity contribution in [3.05, 3.63) is 46.5 Å². The molecular formula is C33H52O2S2. The van der Waals surface area contributed by atoms with Gasteiger partial charge in [0, 0.05) is 32.0 Å². The third kappa shape index (κ3) is 7.88. The van der Waals surface area contributed by atoms with E-state index in [1.807, 2.05) is 23.5 Å². The fourth-order valence-electron chi connectivity index (χ4n) is 4.58. The second kappa shape index (κ2) is 10.7. The average molecular weight is 545 g/mol. The van der Waals surface area contributed by atoms with Crippen molar-refractivity contribution >= 4 is 23.5 Å². The lowest BCUT2D eigenvalue weighted by Gasteiger charge is -2.32. The Hall–Kier alpha value is -1.26. The van der Waals surface area contributed by atoms with Crippen LogP contribution in [0.5, 0.6) is 11.5 Å². The van der Waals surface area contributed by atoms with Gasteiger partial charge in [0.2, 0.25) is 0 Å². The Bertz CT molecular complexity index is 944. The number of thioether (sulfide) groups is 2. The van der Waals surface area contributed by atoms with Crippen molar-refractivity contribution < 1.29 is 9.47 Å². The first-order chi connectivity index (χ1) is 16.5. The molecule has 0 aromatic heterocycles. The van der Waals surface area contributed by atoms with Crippen molar-refractivity contribution in [1.29, 1.82) is 0 Å². The maximum atomic E-state index is 6.00. The van der Waals surface area contributed by atoms with Crippen LogP contribution in [0.15, 0.2) is 34.1 Å². The van der Waals surface area contributed by atoms with Crippen molar-refractivity contribution in [2.24, 2.45) is 0 Å². The standard InChI is InChI=1S/C33H52O2S2/c1-29(2,3)23-17-21(18-24(27(23)34-15)30(4,5)6)36-33(13,14)37-22-19-25(31(7,8)9)28(35-16)26(20-22)32(10,11)12/h17-20H,1-16H3. The minimum absolute atomic E-state index is 0.0155. The lowest BCUT2D eigenvalue weighted by atomic mass is 9.79. The predicted molar refractivity (Wildman–Crippen MR) is 167 cm³/mol. The summed E-state index contributed by atoms with van der Waals surface area (Å²) in [5, 5.41) is 0. The number of benzene rings is 2.